The Morgan fingerprint density at radius 2 is 1.21 bits per heavy atom. The van der Waals surface area contributed by atoms with Crippen molar-refractivity contribution in [3.63, 3.8) is 0 Å². The fourth-order valence-corrected chi connectivity index (χ4v) is 3.24. The van der Waals surface area contributed by atoms with Gasteiger partial charge in [0.1, 0.15) is 0 Å². The van der Waals surface area contributed by atoms with Crippen molar-refractivity contribution >= 4 is 33.4 Å². The van der Waals surface area contributed by atoms with Gasteiger partial charge in [0.2, 0.25) is 0 Å². The number of rotatable bonds is 2. The van der Waals surface area contributed by atoms with Crippen molar-refractivity contribution in [2.24, 2.45) is 28.2 Å². The highest BCUT2D eigenvalue weighted by Crippen LogP contribution is 2.19. The monoisotopic (exact) mass is 399 g/mol. The number of fused-ring (bicyclic) bond motifs is 2. The van der Waals surface area contributed by atoms with Gasteiger partial charge in [0.15, 0.2) is 7.11 Å². The molecule has 0 saturated heterocycles. The van der Waals surface area contributed by atoms with E-state index in [1.807, 2.05) is 6.07 Å². The summed E-state index contributed by atoms with van der Waals surface area (Å²) >= 11 is 0. The molecule has 29 heavy (non-hydrogen) atoms. The summed E-state index contributed by atoms with van der Waals surface area (Å²) in [4.78, 5) is 39.3. The summed E-state index contributed by atoms with van der Waals surface area (Å²) in [5.41, 5.74) is 9.76. The molecule has 0 amide bonds. The molecule has 0 fully saturated rings. The van der Waals surface area contributed by atoms with Crippen molar-refractivity contribution in [3.05, 3.63) is 62.3 Å². The molecule has 2 aromatic carbocycles. The van der Waals surface area contributed by atoms with Crippen molar-refractivity contribution in [2.45, 2.75) is 0 Å². The molecule has 0 aliphatic carbocycles. The second-order valence-electron chi connectivity index (χ2n) is 6.66. The molecule has 0 aliphatic rings. The van der Waals surface area contributed by atoms with Gasteiger partial charge in [-0.2, -0.15) is 0 Å². The number of nitrogens with two attached hydrogens (primary N) is 1. The third-order valence-corrected chi connectivity index (χ3v) is 4.93. The Bertz CT molecular complexity index is 1360. The number of nitrogen functional groups attached to an aromatic ring is 1. The first-order chi connectivity index (χ1) is 13.7. The van der Waals surface area contributed by atoms with Crippen LogP contribution < -0.4 is 17.1 Å². The number of aryl methyl sites for hydroxylation is 4. The molecule has 4 rings (SSSR count). The second-order valence-corrected chi connectivity index (χ2v) is 6.66. The van der Waals surface area contributed by atoms with E-state index >= 15 is 0 Å². The maximum atomic E-state index is 11.6. The Morgan fingerprint density at radius 1 is 0.759 bits per heavy atom. The van der Waals surface area contributed by atoms with Gasteiger partial charge in [-0.15, -0.1) is 0 Å². The molecule has 0 atom stereocenters. The van der Waals surface area contributed by atoms with Crippen LogP contribution in [0.25, 0.3) is 22.1 Å². The normalized spacial score (nSPS) is 10.8. The summed E-state index contributed by atoms with van der Waals surface area (Å²) in [5, 5.41) is 0. The van der Waals surface area contributed by atoms with E-state index in [1.54, 1.807) is 67.7 Å². The molecule has 0 radical (unpaired) electrons. The Balaban J connectivity index is 0.000000169. The molecule has 2 heterocycles. The molecular formula is C19H23N6O4+. The van der Waals surface area contributed by atoms with Gasteiger partial charge in [-0.05, 0) is 24.3 Å². The molecule has 10 heteroatoms. The minimum atomic E-state index is -0.123. The molecule has 0 bridgehead atoms. The minimum absolute atomic E-state index is 0.0272. The number of aromatic nitrogens is 4. The lowest BCUT2D eigenvalue weighted by atomic mass is 10.3. The van der Waals surface area contributed by atoms with E-state index in [2.05, 4.69) is 4.84 Å². The Morgan fingerprint density at radius 3 is 1.72 bits per heavy atom. The predicted octanol–water partition coefficient (Wildman–Crippen LogP) is 1.31. The SMILES string of the molecule is CO[N+](=O)c1ccc2c(c1)n(C)c(=O)n2C.Cn1c(=O)n(C)c2cc(N)ccc21. The topological polar surface area (TPSA) is 109 Å². The zero-order valence-corrected chi connectivity index (χ0v) is 16.9. The zero-order valence-electron chi connectivity index (χ0n) is 16.9. The van der Waals surface area contributed by atoms with E-state index in [0.29, 0.717) is 21.8 Å². The fraction of sp³-hybridized carbons (Fsp3) is 0.263. The smallest absolute Gasteiger partial charge is 0.328 e. The highest BCUT2D eigenvalue weighted by Gasteiger charge is 2.17. The minimum Gasteiger partial charge on any atom is -0.399 e. The lowest BCUT2D eigenvalue weighted by molar-refractivity contribution is -0.736. The Hall–Kier alpha value is -3.82. The quantitative estimate of drug-likeness (QED) is 0.404. The van der Waals surface area contributed by atoms with Crippen molar-refractivity contribution in [2.75, 3.05) is 12.8 Å². The number of nitrogens with zero attached hydrogens (tertiary/aromatic N) is 5. The maximum absolute atomic E-state index is 11.6. The molecule has 10 nitrogen and oxygen atoms in total. The van der Waals surface area contributed by atoms with E-state index in [1.165, 1.54) is 16.2 Å². The van der Waals surface area contributed by atoms with Crippen LogP contribution in [-0.2, 0) is 33.0 Å². The van der Waals surface area contributed by atoms with Gasteiger partial charge in [0, 0.05) is 46.0 Å². The molecule has 4 aromatic rings. The van der Waals surface area contributed by atoms with Gasteiger partial charge < -0.3 is 5.73 Å². The van der Waals surface area contributed by atoms with Gasteiger partial charge >= 0.3 is 17.1 Å². The first-order valence-electron chi connectivity index (χ1n) is 8.75. The maximum Gasteiger partial charge on any atom is 0.328 e. The molecule has 0 unspecified atom stereocenters. The molecule has 0 saturated carbocycles. The standard InChI is InChI=1S/C10H12N3O3.C9H11N3O/c1-11-8-5-4-7(13(15)16-3)6-9(8)12(2)10(11)14;1-11-7-4-3-6(10)5-8(7)12(2)9(11)13/h4-6H,1-3H3;3-5H,10H2,1-2H3/q+1;. The number of anilines is 1. The summed E-state index contributed by atoms with van der Waals surface area (Å²) in [7, 11) is 8.14. The number of imidazole rings is 2. The van der Waals surface area contributed by atoms with Crippen LogP contribution in [0, 0.1) is 4.91 Å². The van der Waals surface area contributed by atoms with Gasteiger partial charge in [-0.1, -0.05) is 0 Å². The number of hydrogen-bond acceptors (Lipinski definition) is 5. The van der Waals surface area contributed by atoms with E-state index in [4.69, 9.17) is 5.73 Å². The largest absolute Gasteiger partial charge is 0.399 e. The molecule has 2 aromatic heterocycles. The van der Waals surface area contributed by atoms with Crippen LogP contribution >= 0.6 is 0 Å². The first-order valence-corrected chi connectivity index (χ1v) is 8.75. The summed E-state index contributed by atoms with van der Waals surface area (Å²) in [5.74, 6) is 0. The molecule has 0 aliphatic heterocycles. The Kier molecular flexibility index (Phi) is 5.02. The molecule has 2 N–H and O–H groups in total. The summed E-state index contributed by atoms with van der Waals surface area (Å²) < 4.78 is 6.21. The lowest BCUT2D eigenvalue weighted by Gasteiger charge is -1.95. The highest BCUT2D eigenvalue weighted by molar-refractivity contribution is 5.79. The molecule has 152 valence electrons. The van der Waals surface area contributed by atoms with Crippen LogP contribution in [0.1, 0.15) is 0 Å². The van der Waals surface area contributed by atoms with Crippen LogP contribution in [0.2, 0.25) is 0 Å². The van der Waals surface area contributed by atoms with Crippen LogP contribution in [0.4, 0.5) is 11.4 Å². The van der Waals surface area contributed by atoms with Crippen LogP contribution in [-0.4, -0.2) is 30.3 Å². The number of hydrogen-bond donors (Lipinski definition) is 1. The second kappa shape index (κ2) is 7.30. The zero-order chi connectivity index (χ0) is 21.5. The highest BCUT2D eigenvalue weighted by atomic mass is 16.8. The van der Waals surface area contributed by atoms with Crippen molar-refractivity contribution in [3.8, 4) is 0 Å². The summed E-state index contributed by atoms with van der Waals surface area (Å²) in [6, 6.07) is 10.4. The fourth-order valence-electron chi connectivity index (χ4n) is 3.24. The van der Waals surface area contributed by atoms with Crippen molar-refractivity contribution in [1.82, 2.24) is 18.3 Å². The van der Waals surface area contributed by atoms with Crippen LogP contribution in [0.15, 0.2) is 46.0 Å². The Labute approximate surface area is 165 Å². The van der Waals surface area contributed by atoms with Gasteiger partial charge in [-0.3, -0.25) is 18.3 Å². The average molecular weight is 399 g/mol. The van der Waals surface area contributed by atoms with Crippen molar-refractivity contribution in [1.29, 1.82) is 0 Å². The van der Waals surface area contributed by atoms with E-state index < -0.39 is 0 Å². The summed E-state index contributed by atoms with van der Waals surface area (Å²) in [6.45, 7) is 0. The van der Waals surface area contributed by atoms with Crippen LogP contribution in [0.3, 0.4) is 0 Å². The third-order valence-electron chi connectivity index (χ3n) is 4.93. The van der Waals surface area contributed by atoms with Crippen molar-refractivity contribution < 1.29 is 9.76 Å². The van der Waals surface area contributed by atoms with Gasteiger partial charge in [-0.25, -0.2) is 14.4 Å². The van der Waals surface area contributed by atoms with Crippen LogP contribution in [0.5, 0.6) is 0 Å². The predicted molar refractivity (Wildman–Crippen MR) is 111 cm³/mol. The third kappa shape index (κ3) is 3.28. The average Bonchev–Trinajstić information content (AvgIpc) is 3.07. The van der Waals surface area contributed by atoms with Gasteiger partial charge in [0.25, 0.3) is 4.92 Å². The first kappa shape index (κ1) is 19.9. The summed E-state index contributed by atoms with van der Waals surface area (Å²) in [6.07, 6.45) is 0. The number of benzene rings is 2. The van der Waals surface area contributed by atoms with E-state index in [0.717, 1.165) is 16.6 Å². The van der Waals surface area contributed by atoms with E-state index in [9.17, 15) is 14.5 Å². The molecular weight excluding hydrogens is 376 g/mol. The molecule has 0 spiro atoms. The van der Waals surface area contributed by atoms with E-state index in [-0.39, 0.29) is 11.4 Å². The van der Waals surface area contributed by atoms with Gasteiger partial charge in [0.05, 0.1) is 27.0 Å². The lowest BCUT2D eigenvalue weighted by Crippen LogP contribution is -2.19.